The van der Waals surface area contributed by atoms with Crippen LogP contribution in [0.5, 0.6) is 5.88 Å². The smallest absolute Gasteiger partial charge is 0.416 e. The van der Waals surface area contributed by atoms with Crippen molar-refractivity contribution in [1.82, 2.24) is 9.69 Å². The summed E-state index contributed by atoms with van der Waals surface area (Å²) in [7, 11) is 1.34. The third-order valence-electron chi connectivity index (χ3n) is 1.84. The van der Waals surface area contributed by atoms with E-state index in [1.165, 1.54) is 7.11 Å². The van der Waals surface area contributed by atoms with Crippen LogP contribution in [0.1, 0.15) is 9.67 Å². The topological polar surface area (TPSA) is 71.5 Å². The Bertz CT molecular complexity index is 438. The molecule has 0 aromatic carbocycles. The van der Waals surface area contributed by atoms with Gasteiger partial charge >= 0.3 is 6.18 Å². The van der Waals surface area contributed by atoms with E-state index >= 15 is 0 Å². The minimum absolute atomic E-state index is 0.0706. The van der Waals surface area contributed by atoms with E-state index < -0.39 is 24.7 Å². The van der Waals surface area contributed by atoms with Crippen molar-refractivity contribution >= 4 is 33.4 Å². The molecular weight excluding hydrogens is 341 g/mol. The highest BCUT2D eigenvalue weighted by Gasteiger charge is 2.38. The molecule has 0 saturated heterocycles. The number of carbonyl (C=O) groups is 1. The molecule has 102 valence electrons. The van der Waals surface area contributed by atoms with Gasteiger partial charge in [-0.25, -0.2) is 0 Å². The summed E-state index contributed by atoms with van der Waals surface area (Å²) in [6, 6.07) is 0. The van der Waals surface area contributed by atoms with E-state index in [2.05, 4.69) is 20.3 Å². The number of rotatable bonds is 4. The van der Waals surface area contributed by atoms with Gasteiger partial charge in [-0.2, -0.15) is 17.5 Å². The molecule has 0 aliphatic carbocycles. The van der Waals surface area contributed by atoms with Gasteiger partial charge in [-0.3, -0.25) is 4.79 Å². The fourth-order valence-corrected chi connectivity index (χ4v) is 2.35. The highest BCUT2D eigenvalue weighted by atomic mass is 79.9. The largest absolute Gasteiger partial charge is 0.480 e. The summed E-state index contributed by atoms with van der Waals surface area (Å²) in [5.41, 5.74) is 0. The molecule has 0 radical (unpaired) electrons. The molecule has 1 amide bonds. The highest BCUT2D eigenvalue weighted by molar-refractivity contribution is 9.10. The Balaban J connectivity index is 2.64. The van der Waals surface area contributed by atoms with Crippen LogP contribution in [0.15, 0.2) is 4.47 Å². The molecule has 0 unspecified atom stereocenters. The lowest BCUT2D eigenvalue weighted by Gasteiger charge is -2.14. The number of carbonyl (C=O) groups excluding carboxylic acids is 1. The van der Waals surface area contributed by atoms with Crippen molar-refractivity contribution in [3.8, 4) is 5.88 Å². The number of aliphatic hydroxyl groups is 1. The zero-order valence-electron chi connectivity index (χ0n) is 8.92. The first-order valence-corrected chi connectivity index (χ1v) is 6.06. The summed E-state index contributed by atoms with van der Waals surface area (Å²) in [5, 5.41) is 10.7. The van der Waals surface area contributed by atoms with E-state index in [4.69, 9.17) is 9.84 Å². The van der Waals surface area contributed by atoms with Crippen molar-refractivity contribution in [2.75, 3.05) is 13.7 Å². The first kappa shape index (κ1) is 15.2. The number of amides is 1. The summed E-state index contributed by atoms with van der Waals surface area (Å²) >= 11 is 3.81. The molecule has 1 heterocycles. The van der Waals surface area contributed by atoms with Gasteiger partial charge in [-0.1, -0.05) is 0 Å². The number of halogens is 4. The number of aromatic nitrogens is 1. The van der Waals surface area contributed by atoms with E-state index in [1.54, 1.807) is 0 Å². The summed E-state index contributed by atoms with van der Waals surface area (Å²) in [5.74, 6) is -0.604. The molecular formula is C8H8BrF3N2O3S. The number of methoxy groups -OCH3 is 1. The van der Waals surface area contributed by atoms with Gasteiger partial charge in [0.15, 0.2) is 6.10 Å². The van der Waals surface area contributed by atoms with Gasteiger partial charge in [0.2, 0.25) is 5.88 Å². The lowest BCUT2D eigenvalue weighted by molar-refractivity contribution is -0.201. The van der Waals surface area contributed by atoms with Crippen LogP contribution < -0.4 is 10.1 Å². The van der Waals surface area contributed by atoms with Crippen molar-refractivity contribution in [3.05, 3.63) is 9.35 Å². The maximum Gasteiger partial charge on any atom is 0.416 e. The maximum absolute atomic E-state index is 12.0. The summed E-state index contributed by atoms with van der Waals surface area (Å²) in [4.78, 5) is 11.6. The predicted octanol–water partition coefficient (Wildman–Crippen LogP) is 1.57. The normalized spacial score (nSPS) is 13.2. The van der Waals surface area contributed by atoms with Crippen LogP contribution in [0.4, 0.5) is 13.2 Å². The average Bonchev–Trinajstić information content (AvgIpc) is 2.65. The van der Waals surface area contributed by atoms with E-state index in [0.717, 1.165) is 11.5 Å². The fourth-order valence-electron chi connectivity index (χ4n) is 0.918. The highest BCUT2D eigenvalue weighted by Crippen LogP contribution is 2.30. The van der Waals surface area contributed by atoms with Crippen molar-refractivity contribution in [1.29, 1.82) is 0 Å². The number of aliphatic hydroxyl groups excluding tert-OH is 1. The molecule has 5 nitrogen and oxygen atoms in total. The van der Waals surface area contributed by atoms with Gasteiger partial charge in [0.25, 0.3) is 5.91 Å². The van der Waals surface area contributed by atoms with E-state index in [1.807, 2.05) is 5.32 Å². The lowest BCUT2D eigenvalue weighted by atomic mass is 10.3. The predicted molar refractivity (Wildman–Crippen MR) is 60.8 cm³/mol. The number of ether oxygens (including phenoxy) is 1. The third kappa shape index (κ3) is 3.56. The molecule has 0 spiro atoms. The monoisotopic (exact) mass is 348 g/mol. The molecule has 2 N–H and O–H groups in total. The van der Waals surface area contributed by atoms with Crippen LogP contribution in [0.2, 0.25) is 0 Å². The number of nitrogens with zero attached hydrogens (tertiary/aromatic N) is 1. The van der Waals surface area contributed by atoms with Gasteiger partial charge in [0, 0.05) is 0 Å². The Morgan fingerprint density at radius 1 is 1.67 bits per heavy atom. The Labute approximate surface area is 112 Å². The molecule has 10 heteroatoms. The van der Waals surface area contributed by atoms with Crippen molar-refractivity contribution < 1.29 is 27.8 Å². The van der Waals surface area contributed by atoms with Gasteiger partial charge in [-0.05, 0) is 27.5 Å². The summed E-state index contributed by atoms with van der Waals surface area (Å²) in [6.07, 6.45) is -7.37. The fraction of sp³-hybridized carbons (Fsp3) is 0.500. The van der Waals surface area contributed by atoms with Crippen LogP contribution >= 0.6 is 27.5 Å². The molecule has 1 aromatic rings. The number of alkyl halides is 3. The lowest BCUT2D eigenvalue weighted by Crippen LogP contribution is -2.40. The first-order valence-electron chi connectivity index (χ1n) is 4.49. The average molecular weight is 349 g/mol. The minimum atomic E-state index is -4.77. The van der Waals surface area contributed by atoms with E-state index in [-0.39, 0.29) is 15.2 Å². The second kappa shape index (κ2) is 5.85. The van der Waals surface area contributed by atoms with E-state index in [9.17, 15) is 18.0 Å². The summed E-state index contributed by atoms with van der Waals surface area (Å²) < 4.78 is 44.8. The van der Waals surface area contributed by atoms with Crippen LogP contribution in [-0.2, 0) is 0 Å². The zero-order valence-corrected chi connectivity index (χ0v) is 11.3. The zero-order chi connectivity index (χ0) is 13.9. The number of nitrogens with one attached hydrogen (secondary N) is 1. The minimum Gasteiger partial charge on any atom is -0.480 e. The van der Waals surface area contributed by atoms with Crippen LogP contribution in [0, 0.1) is 0 Å². The van der Waals surface area contributed by atoms with E-state index in [0.29, 0.717) is 0 Å². The third-order valence-corrected chi connectivity index (χ3v) is 3.67. The number of hydrogen-bond donors (Lipinski definition) is 2. The Morgan fingerprint density at radius 3 is 2.72 bits per heavy atom. The Kier molecular flexibility index (Phi) is 4.93. The Morgan fingerprint density at radius 2 is 2.28 bits per heavy atom. The molecule has 1 rings (SSSR count). The van der Waals surface area contributed by atoms with Crippen molar-refractivity contribution in [2.24, 2.45) is 0 Å². The van der Waals surface area contributed by atoms with Crippen molar-refractivity contribution in [3.63, 3.8) is 0 Å². The van der Waals surface area contributed by atoms with Crippen LogP contribution in [-0.4, -0.2) is 41.3 Å². The molecule has 0 aliphatic heterocycles. The van der Waals surface area contributed by atoms with Crippen LogP contribution in [0.25, 0.3) is 0 Å². The molecule has 1 atom stereocenters. The number of hydrogen-bond acceptors (Lipinski definition) is 5. The maximum atomic E-state index is 12.0. The van der Waals surface area contributed by atoms with Gasteiger partial charge in [0.05, 0.1) is 13.7 Å². The van der Waals surface area contributed by atoms with Gasteiger partial charge in [-0.15, -0.1) is 0 Å². The molecule has 18 heavy (non-hydrogen) atoms. The molecule has 1 aromatic heterocycles. The second-order valence-electron chi connectivity index (χ2n) is 3.10. The second-order valence-corrected chi connectivity index (χ2v) is 4.67. The molecule has 0 bridgehead atoms. The summed E-state index contributed by atoms with van der Waals surface area (Å²) in [6.45, 7) is -0.922. The SMILES string of the molecule is COc1nsc(C(=O)NC[C@H](O)C(F)(F)F)c1Br. The molecule has 0 fully saturated rings. The quantitative estimate of drug-likeness (QED) is 0.866. The van der Waals surface area contributed by atoms with Gasteiger partial charge in [0.1, 0.15) is 9.35 Å². The Hall–Kier alpha value is -0.870. The standard InChI is InChI=1S/C8H8BrF3N2O3S/c1-17-7-4(9)5(18-14-7)6(16)13-2-3(15)8(10,11)12/h3,15H,2H2,1H3,(H,13,16)/t3-/m0/s1. The van der Waals surface area contributed by atoms with Crippen LogP contribution in [0.3, 0.4) is 0 Å². The van der Waals surface area contributed by atoms with Crippen molar-refractivity contribution in [2.45, 2.75) is 12.3 Å². The first-order chi connectivity index (χ1) is 8.27. The molecule has 0 saturated carbocycles. The van der Waals surface area contributed by atoms with Gasteiger partial charge < -0.3 is 15.2 Å². The molecule has 0 aliphatic rings.